The number of amides is 1. The average Bonchev–Trinajstić information content (AvgIpc) is 3.18. The molecule has 0 saturated carbocycles. The van der Waals surface area contributed by atoms with Gasteiger partial charge in [0.05, 0.1) is 0 Å². The predicted molar refractivity (Wildman–Crippen MR) is 114 cm³/mol. The van der Waals surface area contributed by atoms with E-state index in [4.69, 9.17) is 0 Å². The lowest BCUT2D eigenvalue weighted by Crippen LogP contribution is -2.40. The SMILES string of the molecule is CCN(CC1CCN(Cc2ccccc2F)CC1)C(=O)c1cc2ccccc2[nH]1. The first kappa shape index (κ1) is 19.6. The van der Waals surface area contributed by atoms with Crippen LogP contribution >= 0.6 is 0 Å². The van der Waals surface area contributed by atoms with E-state index in [0.717, 1.165) is 48.9 Å². The van der Waals surface area contributed by atoms with Crippen molar-refractivity contribution in [1.82, 2.24) is 14.8 Å². The Morgan fingerprint density at radius 2 is 1.86 bits per heavy atom. The zero-order valence-corrected chi connectivity index (χ0v) is 16.9. The summed E-state index contributed by atoms with van der Waals surface area (Å²) in [6.45, 7) is 6.05. The van der Waals surface area contributed by atoms with Crippen LogP contribution in [0.2, 0.25) is 0 Å². The van der Waals surface area contributed by atoms with Crippen molar-refractivity contribution in [3.8, 4) is 0 Å². The predicted octanol–water partition coefficient (Wildman–Crippen LogP) is 4.68. The number of hydrogen-bond donors (Lipinski definition) is 1. The van der Waals surface area contributed by atoms with Crippen molar-refractivity contribution < 1.29 is 9.18 Å². The van der Waals surface area contributed by atoms with Gasteiger partial charge in [-0.15, -0.1) is 0 Å². The van der Waals surface area contributed by atoms with Crippen molar-refractivity contribution >= 4 is 16.8 Å². The highest BCUT2D eigenvalue weighted by molar-refractivity contribution is 5.98. The van der Waals surface area contributed by atoms with Crippen molar-refractivity contribution in [2.75, 3.05) is 26.2 Å². The van der Waals surface area contributed by atoms with Gasteiger partial charge < -0.3 is 9.88 Å². The third kappa shape index (κ3) is 4.51. The molecule has 3 aromatic rings. The topological polar surface area (TPSA) is 39.3 Å². The van der Waals surface area contributed by atoms with E-state index in [-0.39, 0.29) is 11.7 Å². The first-order valence-corrected chi connectivity index (χ1v) is 10.5. The Labute approximate surface area is 171 Å². The molecule has 0 aliphatic carbocycles. The summed E-state index contributed by atoms with van der Waals surface area (Å²) < 4.78 is 13.9. The van der Waals surface area contributed by atoms with Gasteiger partial charge in [0.25, 0.3) is 5.91 Å². The molecule has 152 valence electrons. The number of aromatic nitrogens is 1. The number of nitrogens with zero attached hydrogens (tertiary/aromatic N) is 2. The quantitative estimate of drug-likeness (QED) is 0.660. The Morgan fingerprint density at radius 3 is 2.59 bits per heavy atom. The zero-order chi connectivity index (χ0) is 20.2. The molecule has 1 N–H and O–H groups in total. The smallest absolute Gasteiger partial charge is 0.270 e. The minimum Gasteiger partial charge on any atom is -0.351 e. The van der Waals surface area contributed by atoms with Crippen LogP contribution in [0.25, 0.3) is 10.9 Å². The normalized spacial score (nSPS) is 15.7. The molecular formula is C24H28FN3O. The van der Waals surface area contributed by atoms with Crippen LogP contribution in [-0.4, -0.2) is 46.9 Å². The van der Waals surface area contributed by atoms with Crippen molar-refractivity contribution in [1.29, 1.82) is 0 Å². The number of nitrogens with one attached hydrogen (secondary N) is 1. The minimum atomic E-state index is -0.129. The van der Waals surface area contributed by atoms with E-state index in [1.807, 2.05) is 54.3 Å². The molecule has 0 bridgehead atoms. The fourth-order valence-corrected chi connectivity index (χ4v) is 4.22. The van der Waals surface area contributed by atoms with Gasteiger partial charge in [-0.1, -0.05) is 36.4 Å². The van der Waals surface area contributed by atoms with Gasteiger partial charge in [0, 0.05) is 36.1 Å². The van der Waals surface area contributed by atoms with Gasteiger partial charge in [0.1, 0.15) is 11.5 Å². The molecule has 0 atom stereocenters. The lowest BCUT2D eigenvalue weighted by Gasteiger charge is -2.34. The largest absolute Gasteiger partial charge is 0.351 e. The number of benzene rings is 2. The van der Waals surface area contributed by atoms with E-state index in [0.29, 0.717) is 24.7 Å². The molecule has 5 heteroatoms. The Morgan fingerprint density at radius 1 is 1.14 bits per heavy atom. The molecule has 1 aromatic heterocycles. The number of para-hydroxylation sites is 1. The molecule has 1 aliphatic heterocycles. The number of rotatable bonds is 6. The molecule has 1 aliphatic rings. The second kappa shape index (κ2) is 8.78. The van der Waals surface area contributed by atoms with E-state index in [1.165, 1.54) is 6.07 Å². The minimum absolute atomic E-state index is 0.0671. The van der Waals surface area contributed by atoms with E-state index in [1.54, 1.807) is 6.07 Å². The number of aromatic amines is 1. The van der Waals surface area contributed by atoms with Crippen molar-refractivity contribution in [2.24, 2.45) is 5.92 Å². The summed E-state index contributed by atoms with van der Waals surface area (Å²) in [4.78, 5) is 20.5. The van der Waals surface area contributed by atoms with E-state index in [2.05, 4.69) is 9.88 Å². The van der Waals surface area contributed by atoms with Crippen molar-refractivity contribution in [3.05, 3.63) is 71.7 Å². The van der Waals surface area contributed by atoms with Crippen LogP contribution < -0.4 is 0 Å². The molecule has 2 aromatic carbocycles. The van der Waals surface area contributed by atoms with Crippen LogP contribution in [0, 0.1) is 11.7 Å². The monoisotopic (exact) mass is 393 g/mol. The third-order valence-electron chi connectivity index (χ3n) is 5.97. The Bertz CT molecular complexity index is 942. The van der Waals surface area contributed by atoms with Crippen LogP contribution in [0.4, 0.5) is 4.39 Å². The van der Waals surface area contributed by atoms with Gasteiger partial charge in [-0.05, 0) is 57.0 Å². The molecule has 1 fully saturated rings. The van der Waals surface area contributed by atoms with Crippen LogP contribution in [0.15, 0.2) is 54.6 Å². The number of halogens is 1. The standard InChI is InChI=1S/C24H28FN3O/c1-2-28(24(29)23-15-19-7-4-6-10-22(19)26-23)16-18-11-13-27(14-12-18)17-20-8-3-5-9-21(20)25/h3-10,15,18,26H,2,11-14,16-17H2,1H3. The molecule has 0 unspecified atom stereocenters. The van der Waals surface area contributed by atoms with Crippen LogP contribution in [0.5, 0.6) is 0 Å². The fraction of sp³-hybridized carbons (Fsp3) is 0.375. The molecule has 0 spiro atoms. The van der Waals surface area contributed by atoms with Crippen molar-refractivity contribution in [3.63, 3.8) is 0 Å². The highest BCUT2D eigenvalue weighted by atomic mass is 19.1. The second-order valence-electron chi connectivity index (χ2n) is 7.92. The van der Waals surface area contributed by atoms with Crippen molar-refractivity contribution in [2.45, 2.75) is 26.3 Å². The van der Waals surface area contributed by atoms with Gasteiger partial charge in [-0.3, -0.25) is 9.69 Å². The number of H-pyrrole nitrogens is 1. The molecular weight excluding hydrogens is 365 g/mol. The summed E-state index contributed by atoms with van der Waals surface area (Å²) >= 11 is 0. The first-order valence-electron chi connectivity index (χ1n) is 10.5. The third-order valence-corrected chi connectivity index (χ3v) is 5.97. The maximum atomic E-state index is 13.9. The maximum Gasteiger partial charge on any atom is 0.270 e. The number of carbonyl (C=O) groups excluding carboxylic acids is 1. The van der Waals surface area contributed by atoms with E-state index in [9.17, 15) is 9.18 Å². The zero-order valence-electron chi connectivity index (χ0n) is 16.9. The maximum absolute atomic E-state index is 13.9. The molecule has 4 nitrogen and oxygen atoms in total. The summed E-state index contributed by atoms with van der Waals surface area (Å²) in [6, 6.07) is 16.9. The second-order valence-corrected chi connectivity index (χ2v) is 7.92. The average molecular weight is 394 g/mol. The lowest BCUT2D eigenvalue weighted by atomic mass is 9.95. The number of carbonyl (C=O) groups is 1. The lowest BCUT2D eigenvalue weighted by molar-refractivity contribution is 0.0693. The molecule has 1 amide bonds. The van der Waals surface area contributed by atoms with Gasteiger partial charge in [0.2, 0.25) is 0 Å². The number of hydrogen-bond acceptors (Lipinski definition) is 2. The Balaban J connectivity index is 1.33. The summed E-state index contributed by atoms with van der Waals surface area (Å²) in [6.07, 6.45) is 2.07. The summed E-state index contributed by atoms with van der Waals surface area (Å²) in [5.74, 6) is 0.424. The van der Waals surface area contributed by atoms with Gasteiger partial charge in [-0.2, -0.15) is 0 Å². The van der Waals surface area contributed by atoms with Gasteiger partial charge in [0.15, 0.2) is 0 Å². The molecule has 0 radical (unpaired) electrons. The molecule has 4 rings (SSSR count). The summed E-state index contributed by atoms with van der Waals surface area (Å²) in [7, 11) is 0. The van der Waals surface area contributed by atoms with Gasteiger partial charge in [-0.25, -0.2) is 4.39 Å². The van der Waals surface area contributed by atoms with E-state index < -0.39 is 0 Å². The molecule has 1 saturated heterocycles. The van der Waals surface area contributed by atoms with Crippen LogP contribution in [-0.2, 0) is 6.54 Å². The highest BCUT2D eigenvalue weighted by Gasteiger charge is 2.24. The van der Waals surface area contributed by atoms with E-state index >= 15 is 0 Å². The Kier molecular flexibility index (Phi) is 5.95. The first-order chi connectivity index (χ1) is 14.1. The van der Waals surface area contributed by atoms with Gasteiger partial charge >= 0.3 is 0 Å². The highest BCUT2D eigenvalue weighted by Crippen LogP contribution is 2.22. The number of piperidine rings is 1. The molecule has 2 heterocycles. The number of fused-ring (bicyclic) bond motifs is 1. The number of likely N-dealkylation sites (tertiary alicyclic amines) is 1. The van der Waals surface area contributed by atoms with Crippen LogP contribution in [0.3, 0.4) is 0 Å². The summed E-state index contributed by atoms with van der Waals surface area (Å²) in [5, 5.41) is 1.06. The summed E-state index contributed by atoms with van der Waals surface area (Å²) in [5.41, 5.74) is 2.41. The Hall–Kier alpha value is -2.66. The van der Waals surface area contributed by atoms with Crippen LogP contribution in [0.1, 0.15) is 35.8 Å². The fourth-order valence-electron chi connectivity index (χ4n) is 4.22. The molecule has 29 heavy (non-hydrogen) atoms.